The number of ether oxygens (including phenoxy) is 2. The van der Waals surface area contributed by atoms with Gasteiger partial charge >= 0.3 is 0 Å². The molecule has 3 heterocycles. The number of fused-ring (bicyclic) bond motifs is 3. The van der Waals surface area contributed by atoms with Crippen LogP contribution in [0.2, 0.25) is 0 Å². The zero-order chi connectivity index (χ0) is 20.1. The molecule has 0 spiro atoms. The van der Waals surface area contributed by atoms with Crippen LogP contribution in [0.3, 0.4) is 0 Å². The standard InChI is InChI=1S/C22H20N4O3/c23-21(27)20-13-18-14-26(20)10-9-24-15-28-11-3-1-2-4-16-5-6-17-7-8-25-22(29-18)19(17)12-16/h1-10,12-13,15,18H,11,14H2,(H2,23,27)/b3-1+,4-2+,10-9+,24-15+. The lowest BCUT2D eigenvalue weighted by atomic mass is 10.1. The molecule has 1 unspecified atom stereocenters. The van der Waals surface area contributed by atoms with E-state index in [4.69, 9.17) is 15.2 Å². The lowest BCUT2D eigenvalue weighted by Gasteiger charge is -2.17. The smallest absolute Gasteiger partial charge is 0.265 e. The summed E-state index contributed by atoms with van der Waals surface area (Å²) in [5.74, 6) is -0.0213. The lowest BCUT2D eigenvalue weighted by Crippen LogP contribution is -2.27. The number of pyridine rings is 1. The average Bonchev–Trinajstić information content (AvgIpc) is 3.12. The van der Waals surface area contributed by atoms with Gasteiger partial charge < -0.3 is 20.1 Å². The quantitative estimate of drug-likeness (QED) is 0.811. The highest BCUT2D eigenvalue weighted by molar-refractivity contribution is 5.92. The Labute approximate surface area is 168 Å². The van der Waals surface area contributed by atoms with Crippen molar-refractivity contribution in [1.82, 2.24) is 9.88 Å². The van der Waals surface area contributed by atoms with Crippen LogP contribution in [0.5, 0.6) is 5.88 Å². The number of carbonyl (C=O) groups is 1. The van der Waals surface area contributed by atoms with Crippen LogP contribution in [0, 0.1) is 0 Å². The minimum atomic E-state index is -0.532. The number of hydrogen-bond acceptors (Lipinski definition) is 6. The highest BCUT2D eigenvalue weighted by Crippen LogP contribution is 2.28. The van der Waals surface area contributed by atoms with E-state index in [1.54, 1.807) is 23.4 Å². The summed E-state index contributed by atoms with van der Waals surface area (Å²) in [4.78, 5) is 22.0. The van der Waals surface area contributed by atoms with Crippen LogP contribution in [0.15, 0.2) is 77.9 Å². The van der Waals surface area contributed by atoms with Crippen molar-refractivity contribution in [1.29, 1.82) is 0 Å². The number of amides is 1. The Morgan fingerprint density at radius 3 is 3.07 bits per heavy atom. The summed E-state index contributed by atoms with van der Waals surface area (Å²) in [6, 6.07) is 8.02. The molecular weight excluding hydrogens is 368 g/mol. The Bertz CT molecular complexity index is 1070. The number of benzene rings is 1. The predicted molar refractivity (Wildman–Crippen MR) is 112 cm³/mol. The molecule has 0 saturated carbocycles. The number of primary amides is 1. The summed E-state index contributed by atoms with van der Waals surface area (Å²) in [6.07, 6.45) is 15.3. The third-order valence-electron chi connectivity index (χ3n) is 4.50. The van der Waals surface area contributed by atoms with Gasteiger partial charge in [-0.1, -0.05) is 30.4 Å². The van der Waals surface area contributed by atoms with Crippen molar-refractivity contribution in [3.63, 3.8) is 0 Å². The maximum Gasteiger partial charge on any atom is 0.265 e. The molecule has 1 atom stereocenters. The van der Waals surface area contributed by atoms with Gasteiger partial charge in [-0.2, -0.15) is 0 Å². The van der Waals surface area contributed by atoms with Gasteiger partial charge in [0.1, 0.15) is 18.4 Å². The molecule has 1 aromatic carbocycles. The van der Waals surface area contributed by atoms with Crippen LogP contribution in [-0.4, -0.2) is 41.4 Å². The van der Waals surface area contributed by atoms with E-state index in [1.807, 2.05) is 48.6 Å². The van der Waals surface area contributed by atoms with Crippen molar-refractivity contribution in [2.24, 2.45) is 10.7 Å². The molecule has 0 aliphatic carbocycles. The first-order chi connectivity index (χ1) is 14.2. The van der Waals surface area contributed by atoms with Gasteiger partial charge in [-0.15, -0.1) is 0 Å². The van der Waals surface area contributed by atoms with Crippen molar-refractivity contribution in [3.05, 3.63) is 78.4 Å². The van der Waals surface area contributed by atoms with Gasteiger partial charge in [0.25, 0.3) is 5.91 Å². The second-order valence-corrected chi connectivity index (χ2v) is 6.49. The molecule has 4 bridgehead atoms. The largest absolute Gasteiger partial charge is 0.479 e. The summed E-state index contributed by atoms with van der Waals surface area (Å²) in [6.45, 7) is 0.824. The van der Waals surface area contributed by atoms with Crippen molar-refractivity contribution >= 4 is 29.2 Å². The molecule has 146 valence electrons. The Hall–Kier alpha value is -3.87. The number of aromatic nitrogens is 1. The third-order valence-corrected chi connectivity index (χ3v) is 4.50. The second-order valence-electron chi connectivity index (χ2n) is 6.49. The molecule has 1 amide bonds. The molecule has 4 rings (SSSR count). The molecular formula is C22H20N4O3. The number of nitrogens with zero attached hydrogens (tertiary/aromatic N) is 3. The summed E-state index contributed by atoms with van der Waals surface area (Å²) in [7, 11) is 0. The van der Waals surface area contributed by atoms with Crippen molar-refractivity contribution < 1.29 is 14.3 Å². The first-order valence-electron chi connectivity index (χ1n) is 9.17. The van der Waals surface area contributed by atoms with Gasteiger partial charge in [-0.05, 0) is 35.2 Å². The van der Waals surface area contributed by atoms with Gasteiger partial charge in [-0.3, -0.25) is 4.79 Å². The average molecular weight is 388 g/mol. The Morgan fingerprint density at radius 1 is 1.24 bits per heavy atom. The van der Waals surface area contributed by atoms with Crippen LogP contribution < -0.4 is 10.5 Å². The zero-order valence-electron chi connectivity index (χ0n) is 15.6. The summed E-state index contributed by atoms with van der Waals surface area (Å²) < 4.78 is 11.4. The topological polar surface area (TPSA) is 90.0 Å². The van der Waals surface area contributed by atoms with E-state index in [1.165, 1.54) is 12.6 Å². The summed E-state index contributed by atoms with van der Waals surface area (Å²) in [5, 5.41) is 1.92. The first-order valence-corrected chi connectivity index (χ1v) is 9.17. The minimum Gasteiger partial charge on any atom is -0.479 e. The number of aliphatic imine (C=N–C) groups is 1. The number of nitrogens with two attached hydrogens (primary N) is 1. The Balaban J connectivity index is 1.73. The zero-order valence-corrected chi connectivity index (χ0v) is 15.6. The van der Waals surface area contributed by atoms with Gasteiger partial charge in [0.05, 0.1) is 6.54 Å². The van der Waals surface area contributed by atoms with E-state index in [9.17, 15) is 4.79 Å². The molecule has 7 nitrogen and oxygen atoms in total. The van der Waals surface area contributed by atoms with Gasteiger partial charge in [-0.25, -0.2) is 9.98 Å². The van der Waals surface area contributed by atoms with Gasteiger partial charge in [0, 0.05) is 24.0 Å². The van der Waals surface area contributed by atoms with Crippen molar-refractivity contribution in [3.8, 4) is 5.88 Å². The van der Waals surface area contributed by atoms with Crippen LogP contribution >= 0.6 is 0 Å². The molecule has 2 N–H and O–H groups in total. The second kappa shape index (κ2) is 8.43. The van der Waals surface area contributed by atoms with Crippen molar-refractivity contribution in [2.75, 3.05) is 13.2 Å². The number of allylic oxidation sites excluding steroid dienone is 2. The summed E-state index contributed by atoms with van der Waals surface area (Å²) >= 11 is 0. The highest BCUT2D eigenvalue weighted by Gasteiger charge is 2.27. The molecule has 7 heteroatoms. The lowest BCUT2D eigenvalue weighted by molar-refractivity contribution is -0.115. The van der Waals surface area contributed by atoms with E-state index < -0.39 is 5.91 Å². The van der Waals surface area contributed by atoms with Crippen LogP contribution in [0.25, 0.3) is 16.8 Å². The molecule has 2 aliphatic rings. The normalized spacial score (nSPS) is 23.2. The monoisotopic (exact) mass is 388 g/mol. The Morgan fingerprint density at radius 2 is 2.17 bits per heavy atom. The number of rotatable bonds is 1. The fraction of sp³-hybridized carbons (Fsp3) is 0.136. The fourth-order valence-electron chi connectivity index (χ4n) is 3.15. The van der Waals surface area contributed by atoms with Crippen molar-refractivity contribution in [2.45, 2.75) is 6.10 Å². The fourth-order valence-corrected chi connectivity index (χ4v) is 3.15. The molecule has 1 aromatic heterocycles. The van der Waals surface area contributed by atoms with Gasteiger partial charge in [0.2, 0.25) is 5.88 Å². The van der Waals surface area contributed by atoms with E-state index in [-0.39, 0.29) is 6.10 Å². The van der Waals surface area contributed by atoms with Crippen LogP contribution in [0.1, 0.15) is 5.56 Å². The maximum absolute atomic E-state index is 11.8. The number of carbonyl (C=O) groups excluding carboxylic acids is 1. The van der Waals surface area contributed by atoms with E-state index in [2.05, 4.69) is 9.98 Å². The Kier molecular flexibility index (Phi) is 5.38. The number of hydrogen-bond donors (Lipinski definition) is 1. The van der Waals surface area contributed by atoms with E-state index in [0.29, 0.717) is 24.7 Å². The molecule has 0 saturated heterocycles. The highest BCUT2D eigenvalue weighted by atomic mass is 16.5. The van der Waals surface area contributed by atoms with Gasteiger partial charge in [0.15, 0.2) is 6.40 Å². The van der Waals surface area contributed by atoms with E-state index in [0.717, 1.165) is 16.3 Å². The molecule has 0 fully saturated rings. The minimum absolute atomic E-state index is 0.354. The first kappa shape index (κ1) is 18.5. The van der Waals surface area contributed by atoms with Crippen LogP contribution in [0.4, 0.5) is 0 Å². The van der Waals surface area contributed by atoms with Crippen LogP contribution in [-0.2, 0) is 9.53 Å². The molecule has 2 aliphatic heterocycles. The summed E-state index contributed by atoms with van der Waals surface area (Å²) in [5.41, 5.74) is 6.89. The van der Waals surface area contributed by atoms with E-state index >= 15 is 0 Å². The predicted octanol–water partition coefficient (Wildman–Crippen LogP) is 2.77. The molecule has 29 heavy (non-hydrogen) atoms. The molecule has 2 aromatic rings. The molecule has 0 radical (unpaired) electrons. The SMILES string of the molecule is NC(=O)C1=CC2CN1/C=C/N=C/OC/C=C/C=C/c1ccc3ccnc(c3c1)O2. The third kappa shape index (κ3) is 4.35. The maximum atomic E-state index is 11.8.